The van der Waals surface area contributed by atoms with Crippen LogP contribution in [0.25, 0.3) is 10.9 Å². The van der Waals surface area contributed by atoms with E-state index in [1.807, 2.05) is 25.1 Å². The first-order valence-corrected chi connectivity index (χ1v) is 5.63. The molecule has 0 spiro atoms. The zero-order valence-electron chi connectivity index (χ0n) is 9.99. The molecule has 0 aliphatic heterocycles. The number of carbonyl (C=O) groups excluding carboxylic acids is 1. The number of carbonyl (C=O) groups is 1. The number of fused-ring (bicyclic) bond motifs is 1. The molecule has 1 atom stereocenters. The standard InChI is InChI=1S/C13H16N2O2/c1-3-17-13(16)12(14)10-7-15-11-6-8(2)4-5-9(10)11/h4-7,12,15H,3,14H2,1-2H3. The maximum absolute atomic E-state index is 11.6. The Balaban J connectivity index is 2.39. The van der Waals surface area contributed by atoms with Crippen molar-refractivity contribution >= 4 is 16.9 Å². The molecule has 17 heavy (non-hydrogen) atoms. The Kier molecular flexibility index (Phi) is 3.15. The highest BCUT2D eigenvalue weighted by Crippen LogP contribution is 2.24. The Morgan fingerprint density at radius 3 is 3.00 bits per heavy atom. The Morgan fingerprint density at radius 2 is 2.29 bits per heavy atom. The maximum atomic E-state index is 11.6. The second-order valence-electron chi connectivity index (χ2n) is 4.02. The van der Waals surface area contributed by atoms with E-state index in [4.69, 9.17) is 10.5 Å². The van der Waals surface area contributed by atoms with E-state index in [1.165, 1.54) is 0 Å². The van der Waals surface area contributed by atoms with Gasteiger partial charge in [-0.25, -0.2) is 4.79 Å². The quantitative estimate of drug-likeness (QED) is 0.796. The minimum atomic E-state index is -0.730. The molecule has 0 radical (unpaired) electrons. The van der Waals surface area contributed by atoms with Crippen molar-refractivity contribution < 1.29 is 9.53 Å². The van der Waals surface area contributed by atoms with Gasteiger partial charge in [-0.1, -0.05) is 12.1 Å². The van der Waals surface area contributed by atoms with Gasteiger partial charge in [0.05, 0.1) is 6.61 Å². The molecular weight excluding hydrogens is 216 g/mol. The molecule has 1 heterocycles. The van der Waals surface area contributed by atoms with Gasteiger partial charge in [0.15, 0.2) is 0 Å². The lowest BCUT2D eigenvalue weighted by Crippen LogP contribution is -2.23. The SMILES string of the molecule is CCOC(=O)C(N)c1c[nH]c2cc(C)ccc12. The fourth-order valence-electron chi connectivity index (χ4n) is 1.88. The second-order valence-corrected chi connectivity index (χ2v) is 4.02. The molecule has 0 bridgehead atoms. The van der Waals surface area contributed by atoms with Crippen LogP contribution in [0.3, 0.4) is 0 Å². The third kappa shape index (κ3) is 2.17. The van der Waals surface area contributed by atoms with Crippen LogP contribution in [0.4, 0.5) is 0 Å². The summed E-state index contributed by atoms with van der Waals surface area (Å²) in [6.45, 7) is 4.13. The van der Waals surface area contributed by atoms with Gasteiger partial charge in [0.25, 0.3) is 0 Å². The average Bonchev–Trinajstić information content (AvgIpc) is 2.71. The summed E-state index contributed by atoms with van der Waals surface area (Å²) in [5.74, 6) is -0.394. The van der Waals surface area contributed by atoms with Gasteiger partial charge < -0.3 is 15.5 Å². The lowest BCUT2D eigenvalue weighted by molar-refractivity contribution is -0.144. The number of aromatic amines is 1. The Hall–Kier alpha value is -1.81. The lowest BCUT2D eigenvalue weighted by atomic mass is 10.1. The van der Waals surface area contributed by atoms with E-state index in [9.17, 15) is 4.79 Å². The monoisotopic (exact) mass is 232 g/mol. The highest BCUT2D eigenvalue weighted by atomic mass is 16.5. The number of esters is 1. The minimum Gasteiger partial charge on any atom is -0.465 e. The van der Waals surface area contributed by atoms with Crippen molar-refractivity contribution in [1.29, 1.82) is 0 Å². The average molecular weight is 232 g/mol. The number of hydrogen-bond acceptors (Lipinski definition) is 3. The molecule has 0 aliphatic rings. The van der Waals surface area contributed by atoms with Crippen molar-refractivity contribution in [1.82, 2.24) is 4.98 Å². The summed E-state index contributed by atoms with van der Waals surface area (Å²) in [6.07, 6.45) is 1.77. The van der Waals surface area contributed by atoms with Crippen molar-refractivity contribution in [3.8, 4) is 0 Å². The summed E-state index contributed by atoms with van der Waals surface area (Å²) in [5.41, 5.74) is 8.80. The van der Waals surface area contributed by atoms with E-state index in [1.54, 1.807) is 13.1 Å². The molecule has 2 aromatic rings. The van der Waals surface area contributed by atoms with Crippen molar-refractivity contribution in [2.45, 2.75) is 19.9 Å². The molecule has 2 rings (SSSR count). The summed E-state index contributed by atoms with van der Waals surface area (Å²) in [5, 5.41) is 0.969. The van der Waals surface area contributed by atoms with Gasteiger partial charge in [-0.2, -0.15) is 0 Å². The van der Waals surface area contributed by atoms with Crippen LogP contribution in [-0.4, -0.2) is 17.6 Å². The van der Waals surface area contributed by atoms with E-state index in [0.29, 0.717) is 6.61 Å². The molecule has 3 N–H and O–H groups in total. The van der Waals surface area contributed by atoms with Crippen molar-refractivity contribution in [2.24, 2.45) is 5.73 Å². The highest BCUT2D eigenvalue weighted by Gasteiger charge is 2.20. The Bertz CT molecular complexity index is 545. The zero-order valence-corrected chi connectivity index (χ0v) is 9.99. The van der Waals surface area contributed by atoms with E-state index in [2.05, 4.69) is 4.98 Å². The van der Waals surface area contributed by atoms with Crippen LogP contribution in [-0.2, 0) is 9.53 Å². The van der Waals surface area contributed by atoms with Crippen LogP contribution >= 0.6 is 0 Å². The van der Waals surface area contributed by atoms with Gasteiger partial charge in [0.1, 0.15) is 6.04 Å². The summed E-state index contributed by atoms with van der Waals surface area (Å²) in [4.78, 5) is 14.7. The first kappa shape index (κ1) is 11.7. The van der Waals surface area contributed by atoms with Gasteiger partial charge in [-0.3, -0.25) is 0 Å². The predicted molar refractivity (Wildman–Crippen MR) is 66.6 cm³/mol. The number of rotatable bonds is 3. The van der Waals surface area contributed by atoms with Gasteiger partial charge in [0, 0.05) is 22.7 Å². The summed E-state index contributed by atoms with van der Waals surface area (Å²) >= 11 is 0. The largest absolute Gasteiger partial charge is 0.465 e. The Labute approximate surface area is 99.8 Å². The molecule has 0 aliphatic carbocycles. The molecule has 0 saturated heterocycles. The number of ether oxygens (including phenoxy) is 1. The molecule has 0 amide bonds. The molecule has 1 aromatic heterocycles. The van der Waals surface area contributed by atoms with E-state index in [-0.39, 0.29) is 0 Å². The fourth-order valence-corrected chi connectivity index (χ4v) is 1.88. The number of hydrogen-bond donors (Lipinski definition) is 2. The smallest absolute Gasteiger partial charge is 0.327 e. The van der Waals surface area contributed by atoms with Crippen LogP contribution < -0.4 is 5.73 Å². The molecule has 4 nitrogen and oxygen atoms in total. The maximum Gasteiger partial charge on any atom is 0.327 e. The van der Waals surface area contributed by atoms with Crippen molar-refractivity contribution in [2.75, 3.05) is 6.61 Å². The van der Waals surface area contributed by atoms with Crippen molar-refractivity contribution in [3.05, 3.63) is 35.5 Å². The number of benzene rings is 1. The van der Waals surface area contributed by atoms with Crippen LogP contribution in [0, 0.1) is 6.92 Å². The number of H-pyrrole nitrogens is 1. The molecular formula is C13H16N2O2. The molecule has 90 valence electrons. The molecule has 1 unspecified atom stereocenters. The van der Waals surface area contributed by atoms with E-state index < -0.39 is 12.0 Å². The van der Waals surface area contributed by atoms with Gasteiger partial charge in [0.2, 0.25) is 0 Å². The number of nitrogens with two attached hydrogens (primary N) is 1. The van der Waals surface area contributed by atoms with Gasteiger partial charge >= 0.3 is 5.97 Å². The summed E-state index contributed by atoms with van der Waals surface area (Å²) in [7, 11) is 0. The highest BCUT2D eigenvalue weighted by molar-refractivity contribution is 5.89. The number of aromatic nitrogens is 1. The zero-order chi connectivity index (χ0) is 12.4. The topological polar surface area (TPSA) is 68.1 Å². The normalized spacial score (nSPS) is 12.6. The van der Waals surface area contributed by atoms with Crippen molar-refractivity contribution in [3.63, 3.8) is 0 Å². The van der Waals surface area contributed by atoms with Gasteiger partial charge in [-0.05, 0) is 25.5 Å². The molecule has 4 heteroatoms. The second kappa shape index (κ2) is 4.59. The van der Waals surface area contributed by atoms with Crippen LogP contribution in [0.5, 0.6) is 0 Å². The minimum absolute atomic E-state index is 0.341. The van der Waals surface area contributed by atoms with E-state index >= 15 is 0 Å². The van der Waals surface area contributed by atoms with Crippen LogP contribution in [0.2, 0.25) is 0 Å². The first-order chi connectivity index (χ1) is 8.13. The van der Waals surface area contributed by atoms with Gasteiger partial charge in [-0.15, -0.1) is 0 Å². The Morgan fingerprint density at radius 1 is 1.53 bits per heavy atom. The van der Waals surface area contributed by atoms with E-state index in [0.717, 1.165) is 22.0 Å². The molecule has 0 saturated carbocycles. The summed E-state index contributed by atoms with van der Waals surface area (Å²) < 4.78 is 4.92. The fraction of sp³-hybridized carbons (Fsp3) is 0.308. The third-order valence-corrected chi connectivity index (χ3v) is 2.74. The molecule has 1 aromatic carbocycles. The molecule has 0 fully saturated rings. The third-order valence-electron chi connectivity index (χ3n) is 2.74. The number of nitrogens with one attached hydrogen (secondary N) is 1. The summed E-state index contributed by atoms with van der Waals surface area (Å²) in [6, 6.07) is 5.26. The van der Waals surface area contributed by atoms with Crippen LogP contribution in [0.1, 0.15) is 24.1 Å². The lowest BCUT2D eigenvalue weighted by Gasteiger charge is -2.09. The number of aryl methyl sites for hydroxylation is 1. The first-order valence-electron chi connectivity index (χ1n) is 5.63. The van der Waals surface area contributed by atoms with Crippen LogP contribution in [0.15, 0.2) is 24.4 Å². The predicted octanol–water partition coefficient (Wildman–Crippen LogP) is 2.04.